The molecule has 1 saturated carbocycles. The molecule has 6 heteroatoms. The van der Waals surface area contributed by atoms with Crippen molar-refractivity contribution >= 4 is 10.7 Å². The molecule has 14 heavy (non-hydrogen) atoms. The van der Waals surface area contributed by atoms with Crippen LogP contribution in [-0.2, 0) is 17.1 Å². The van der Waals surface area contributed by atoms with Crippen LogP contribution in [0, 0.1) is 5.92 Å². The summed E-state index contributed by atoms with van der Waals surface area (Å²) in [5.74, 6) is 1.21. The molecule has 1 atom stereocenters. The van der Waals surface area contributed by atoms with Gasteiger partial charge in [-0.3, -0.25) is 5.10 Å². The van der Waals surface area contributed by atoms with E-state index in [0.717, 1.165) is 6.42 Å². The minimum Gasteiger partial charge on any atom is -0.266 e. The van der Waals surface area contributed by atoms with Crippen molar-refractivity contribution in [3.63, 3.8) is 0 Å². The standard InChI is InChI=1S/C8H13N3O2S/c12-14(13)7(3-6-1-2-6)4-8-9-5-10-11-8/h5-7,14H,1-4H2,(H,9,10,11). The summed E-state index contributed by atoms with van der Waals surface area (Å²) >= 11 is 0. The van der Waals surface area contributed by atoms with Crippen molar-refractivity contribution in [1.82, 2.24) is 15.2 Å². The van der Waals surface area contributed by atoms with Crippen LogP contribution in [0.5, 0.6) is 0 Å². The first-order valence-electron chi connectivity index (χ1n) is 4.74. The molecular formula is C8H13N3O2S. The van der Waals surface area contributed by atoms with Crippen molar-refractivity contribution in [1.29, 1.82) is 0 Å². The lowest BCUT2D eigenvalue weighted by Crippen LogP contribution is -2.15. The monoisotopic (exact) mass is 215 g/mol. The van der Waals surface area contributed by atoms with Crippen LogP contribution in [0.25, 0.3) is 0 Å². The van der Waals surface area contributed by atoms with E-state index in [9.17, 15) is 8.42 Å². The van der Waals surface area contributed by atoms with E-state index in [0.29, 0.717) is 18.2 Å². The van der Waals surface area contributed by atoms with Gasteiger partial charge in [0.1, 0.15) is 17.0 Å². The molecule has 0 radical (unpaired) electrons. The topological polar surface area (TPSA) is 75.7 Å². The van der Waals surface area contributed by atoms with Gasteiger partial charge < -0.3 is 0 Å². The zero-order valence-electron chi connectivity index (χ0n) is 7.72. The molecule has 0 spiro atoms. The third kappa shape index (κ3) is 2.54. The van der Waals surface area contributed by atoms with Crippen LogP contribution < -0.4 is 0 Å². The summed E-state index contributed by atoms with van der Waals surface area (Å²) in [6.07, 6.45) is 5.04. The first kappa shape index (κ1) is 9.64. The third-order valence-corrected chi connectivity index (χ3v) is 3.47. The lowest BCUT2D eigenvalue weighted by Gasteiger charge is -2.05. The van der Waals surface area contributed by atoms with E-state index in [4.69, 9.17) is 0 Å². The fraction of sp³-hybridized carbons (Fsp3) is 0.750. The van der Waals surface area contributed by atoms with Crippen molar-refractivity contribution < 1.29 is 8.42 Å². The number of aromatic amines is 1. The Morgan fingerprint density at radius 3 is 2.86 bits per heavy atom. The summed E-state index contributed by atoms with van der Waals surface area (Å²) in [6.45, 7) is 0. The molecule has 1 heterocycles. The molecule has 0 amide bonds. The molecule has 1 aromatic rings. The van der Waals surface area contributed by atoms with E-state index in [1.807, 2.05) is 0 Å². The minimum absolute atomic E-state index is 0.284. The molecule has 2 rings (SSSR count). The molecule has 1 fully saturated rings. The van der Waals surface area contributed by atoms with Gasteiger partial charge in [-0.05, 0) is 12.3 Å². The molecule has 1 aromatic heterocycles. The van der Waals surface area contributed by atoms with Gasteiger partial charge in [0.05, 0.1) is 5.25 Å². The number of hydrogen-bond donors (Lipinski definition) is 2. The smallest absolute Gasteiger partial charge is 0.151 e. The number of nitrogens with zero attached hydrogens (tertiary/aromatic N) is 2. The Morgan fingerprint density at radius 1 is 1.57 bits per heavy atom. The summed E-state index contributed by atoms with van der Waals surface area (Å²) in [4.78, 5) is 3.93. The zero-order chi connectivity index (χ0) is 9.97. The molecule has 0 aromatic carbocycles. The quantitative estimate of drug-likeness (QED) is 0.684. The number of rotatable bonds is 5. The van der Waals surface area contributed by atoms with Crippen LogP contribution in [0.15, 0.2) is 6.33 Å². The van der Waals surface area contributed by atoms with E-state index >= 15 is 0 Å². The van der Waals surface area contributed by atoms with Gasteiger partial charge in [-0.2, -0.15) is 5.10 Å². The average Bonchev–Trinajstić information content (AvgIpc) is 2.80. The Morgan fingerprint density at radius 2 is 2.36 bits per heavy atom. The second-order valence-electron chi connectivity index (χ2n) is 3.74. The highest BCUT2D eigenvalue weighted by molar-refractivity contribution is 7.73. The van der Waals surface area contributed by atoms with Crippen LogP contribution in [0.4, 0.5) is 0 Å². The third-order valence-electron chi connectivity index (χ3n) is 2.48. The summed E-state index contributed by atoms with van der Waals surface area (Å²) < 4.78 is 21.9. The van der Waals surface area contributed by atoms with E-state index in [2.05, 4.69) is 15.2 Å². The zero-order valence-corrected chi connectivity index (χ0v) is 8.61. The largest absolute Gasteiger partial charge is 0.266 e. The molecule has 1 aliphatic rings. The molecule has 1 N–H and O–H groups in total. The normalized spacial score (nSPS) is 18.6. The van der Waals surface area contributed by atoms with Gasteiger partial charge in [0.25, 0.3) is 0 Å². The van der Waals surface area contributed by atoms with Crippen molar-refractivity contribution in [3.8, 4) is 0 Å². The van der Waals surface area contributed by atoms with Gasteiger partial charge in [-0.25, -0.2) is 13.4 Å². The minimum atomic E-state index is -2.36. The van der Waals surface area contributed by atoms with Gasteiger partial charge in [-0.15, -0.1) is 0 Å². The molecule has 0 saturated heterocycles. The number of hydrogen-bond acceptors (Lipinski definition) is 4. The molecule has 1 aliphatic carbocycles. The maximum Gasteiger partial charge on any atom is 0.151 e. The van der Waals surface area contributed by atoms with Gasteiger partial charge in [0.15, 0.2) is 5.82 Å². The number of aromatic nitrogens is 3. The molecule has 5 nitrogen and oxygen atoms in total. The predicted octanol–water partition coefficient (Wildman–Crippen LogP) is 0.127. The average molecular weight is 215 g/mol. The second-order valence-corrected chi connectivity index (χ2v) is 5.04. The van der Waals surface area contributed by atoms with Crippen molar-refractivity contribution in [3.05, 3.63) is 12.2 Å². The highest BCUT2D eigenvalue weighted by Crippen LogP contribution is 2.34. The van der Waals surface area contributed by atoms with Crippen molar-refractivity contribution in [2.45, 2.75) is 30.9 Å². The summed E-state index contributed by atoms with van der Waals surface area (Å²) in [7, 11) is -2.36. The molecule has 0 aliphatic heterocycles. The van der Waals surface area contributed by atoms with Gasteiger partial charge >= 0.3 is 0 Å². The number of thiol groups is 1. The van der Waals surface area contributed by atoms with Crippen molar-refractivity contribution in [2.75, 3.05) is 0 Å². The van der Waals surface area contributed by atoms with Gasteiger partial charge in [0, 0.05) is 6.42 Å². The van der Waals surface area contributed by atoms with Crippen LogP contribution in [0.2, 0.25) is 0 Å². The molecular weight excluding hydrogens is 202 g/mol. The fourth-order valence-electron chi connectivity index (χ4n) is 1.53. The summed E-state index contributed by atoms with van der Waals surface area (Å²) in [6, 6.07) is 0. The fourth-order valence-corrected chi connectivity index (χ4v) is 2.31. The molecule has 1 unspecified atom stereocenters. The molecule has 0 bridgehead atoms. The summed E-state index contributed by atoms with van der Waals surface area (Å²) in [5.41, 5.74) is 0. The second kappa shape index (κ2) is 4.08. The van der Waals surface area contributed by atoms with E-state index in [1.165, 1.54) is 19.2 Å². The van der Waals surface area contributed by atoms with E-state index in [-0.39, 0.29) is 5.25 Å². The Balaban J connectivity index is 1.96. The van der Waals surface area contributed by atoms with Crippen LogP contribution in [0.1, 0.15) is 25.1 Å². The Labute approximate surface area is 83.9 Å². The Hall–Kier alpha value is -0.910. The first-order chi connectivity index (χ1) is 6.75. The van der Waals surface area contributed by atoms with Crippen molar-refractivity contribution in [2.24, 2.45) is 5.92 Å². The van der Waals surface area contributed by atoms with Gasteiger partial charge in [0.2, 0.25) is 0 Å². The highest BCUT2D eigenvalue weighted by atomic mass is 32.2. The van der Waals surface area contributed by atoms with Crippen LogP contribution >= 0.6 is 0 Å². The van der Waals surface area contributed by atoms with Gasteiger partial charge in [-0.1, -0.05) is 12.8 Å². The maximum atomic E-state index is 11.0. The number of H-pyrrole nitrogens is 1. The maximum absolute atomic E-state index is 11.0. The first-order valence-corrected chi connectivity index (χ1v) is 5.98. The Bertz CT molecular complexity index is 349. The highest BCUT2D eigenvalue weighted by Gasteiger charge is 2.27. The summed E-state index contributed by atoms with van der Waals surface area (Å²) in [5, 5.41) is 6.16. The number of nitrogens with one attached hydrogen (secondary N) is 1. The lowest BCUT2D eigenvalue weighted by atomic mass is 10.1. The Kier molecular flexibility index (Phi) is 2.81. The van der Waals surface area contributed by atoms with E-state index < -0.39 is 10.7 Å². The van der Waals surface area contributed by atoms with Crippen LogP contribution in [-0.4, -0.2) is 28.8 Å². The SMILES string of the molecule is O=[SH](=O)C(Cc1nc[nH]n1)CC1CC1. The predicted molar refractivity (Wildman–Crippen MR) is 51.5 cm³/mol. The van der Waals surface area contributed by atoms with E-state index in [1.54, 1.807) is 0 Å². The van der Waals surface area contributed by atoms with Crippen LogP contribution in [0.3, 0.4) is 0 Å². The lowest BCUT2D eigenvalue weighted by molar-refractivity contribution is 0.573. The molecule has 78 valence electrons.